The highest BCUT2D eigenvalue weighted by molar-refractivity contribution is 8.18. The van der Waals surface area contributed by atoms with Crippen molar-refractivity contribution in [3.05, 3.63) is 131 Å². The van der Waals surface area contributed by atoms with E-state index in [1.807, 2.05) is 91.4 Å². The predicted octanol–water partition coefficient (Wildman–Crippen LogP) is 7.32. The third-order valence-electron chi connectivity index (χ3n) is 13.4. The zero-order valence-electron chi connectivity index (χ0n) is 39.1. The van der Waals surface area contributed by atoms with Crippen molar-refractivity contribution < 1.29 is 42.1 Å². The summed E-state index contributed by atoms with van der Waals surface area (Å²) < 4.78 is 54.8. The van der Waals surface area contributed by atoms with Crippen molar-refractivity contribution in [1.82, 2.24) is 29.9 Å². The maximum Gasteiger partial charge on any atom is 0.326 e. The number of rotatable bonds is 16. The summed E-state index contributed by atoms with van der Waals surface area (Å²) in [6, 6.07) is 26.6. The zero-order chi connectivity index (χ0) is 48.5. The molecule has 4 aliphatic rings. The summed E-state index contributed by atoms with van der Waals surface area (Å²) in [6.45, 7) is 12.7. The molecule has 19 heteroatoms. The standard InChI is InChI=1S/C50H55F2N9O7S/c1-33(2)61-48(64)60(34(3)49(61,4)56(5)24-25-65-40-15-6-35(7-16-40)26-44-46(62)55-47(63)69-44)39-11-9-37(10-12-39)57-20-22-58(23-21-57)38-13-17-41(18-14-38)66-28-45-67-30-50(68-45,29-59-32-53-31-54-59)42-19-8-36(51)27-43(42)52/h6-19,26-27,31-34,45H,20-25,28-30H2,1-5H3,(H,55,62,63)/b44-26-/t34?,45-,49?,50+/m0/s1. The van der Waals surface area contributed by atoms with Gasteiger partial charge < -0.3 is 33.6 Å². The Hall–Kier alpha value is -6.54. The van der Waals surface area contributed by atoms with E-state index in [0.29, 0.717) is 29.6 Å². The monoisotopic (exact) mass is 963 g/mol. The summed E-state index contributed by atoms with van der Waals surface area (Å²) in [4.78, 5) is 52.8. The molecule has 69 heavy (non-hydrogen) atoms. The summed E-state index contributed by atoms with van der Waals surface area (Å²) in [5.74, 6) is -0.510. The maximum absolute atomic E-state index is 15.0. The van der Waals surface area contributed by atoms with Gasteiger partial charge in [0.15, 0.2) is 6.29 Å². The van der Waals surface area contributed by atoms with Crippen molar-refractivity contribution in [2.75, 3.05) is 74.3 Å². The number of anilines is 3. The molecule has 0 bridgehead atoms. The first-order valence-corrected chi connectivity index (χ1v) is 23.7. The van der Waals surface area contributed by atoms with Crippen molar-refractivity contribution in [1.29, 1.82) is 0 Å². The second-order valence-electron chi connectivity index (χ2n) is 17.9. The summed E-state index contributed by atoms with van der Waals surface area (Å²) >= 11 is 0.882. The van der Waals surface area contributed by atoms with E-state index in [-0.39, 0.29) is 48.7 Å². The van der Waals surface area contributed by atoms with Crippen LogP contribution in [0.15, 0.2) is 109 Å². The van der Waals surface area contributed by atoms with Gasteiger partial charge in [-0.05, 0) is 125 Å². The largest absolute Gasteiger partial charge is 0.492 e. The van der Waals surface area contributed by atoms with Crippen LogP contribution < -0.4 is 29.5 Å². The van der Waals surface area contributed by atoms with Gasteiger partial charge in [-0.3, -0.25) is 24.7 Å². The van der Waals surface area contributed by atoms with E-state index in [9.17, 15) is 18.8 Å². The lowest BCUT2D eigenvalue weighted by Crippen LogP contribution is -2.62. The number of carbonyl (C=O) groups excluding carboxylic acids is 3. The molecular weight excluding hydrogens is 909 g/mol. The molecule has 4 amide bonds. The SMILES string of the molecule is CC(C)N1C(=O)N(c2ccc(N3CCN(c4ccc(OC[C@H]5OC[C@](Cn6cncn6)(c6ccc(F)cc6F)O5)cc4)CC3)cc2)C(C)C1(C)N(C)CCOc1ccc(/C=C2\SC(=O)NC2=O)cc1. The lowest BCUT2D eigenvalue weighted by atomic mass is 9.94. The number of aromatic nitrogens is 3. The van der Waals surface area contributed by atoms with E-state index in [0.717, 1.165) is 66.6 Å². The van der Waals surface area contributed by atoms with E-state index < -0.39 is 35.1 Å². The van der Waals surface area contributed by atoms with Gasteiger partial charge in [0, 0.05) is 67.5 Å². The zero-order valence-corrected chi connectivity index (χ0v) is 39.9. The number of thioether (sulfide) groups is 1. The summed E-state index contributed by atoms with van der Waals surface area (Å²) in [5.41, 5.74) is 2.05. The average Bonchev–Trinajstić information content (AvgIpc) is 4.12. The minimum atomic E-state index is -1.26. The molecule has 0 saturated carbocycles. The molecule has 4 atom stereocenters. The Labute approximate surface area is 403 Å². The van der Waals surface area contributed by atoms with Crippen molar-refractivity contribution >= 4 is 52.1 Å². The minimum absolute atomic E-state index is 0.0122. The Morgan fingerprint density at radius 2 is 1.54 bits per heavy atom. The molecular formula is C50H55F2N9O7S. The van der Waals surface area contributed by atoms with Crippen LogP contribution in [0.1, 0.15) is 38.8 Å². The van der Waals surface area contributed by atoms with Gasteiger partial charge in [0.1, 0.15) is 60.3 Å². The van der Waals surface area contributed by atoms with Crippen LogP contribution in [0.4, 0.5) is 35.4 Å². The Bertz CT molecular complexity index is 2670. The first kappa shape index (κ1) is 47.5. The lowest BCUT2D eigenvalue weighted by Gasteiger charge is -2.45. The van der Waals surface area contributed by atoms with Gasteiger partial charge in [-0.25, -0.2) is 23.2 Å². The van der Waals surface area contributed by atoms with Gasteiger partial charge >= 0.3 is 6.03 Å². The fraction of sp³-hybridized carbons (Fsp3) is 0.380. The minimum Gasteiger partial charge on any atom is -0.492 e. The second kappa shape index (κ2) is 19.8. The number of piperazine rings is 1. The quantitative estimate of drug-likeness (QED) is 0.0987. The van der Waals surface area contributed by atoms with Crippen molar-refractivity contribution in [3.8, 4) is 11.5 Å². The van der Waals surface area contributed by atoms with Gasteiger partial charge in [0.2, 0.25) is 0 Å². The van der Waals surface area contributed by atoms with E-state index in [2.05, 4.69) is 56.1 Å². The maximum atomic E-state index is 15.0. The number of urea groups is 1. The molecule has 5 aromatic rings. The molecule has 1 N–H and O–H groups in total. The third-order valence-corrected chi connectivity index (χ3v) is 14.2. The molecule has 9 rings (SSSR count). The average molecular weight is 964 g/mol. The Kier molecular flexibility index (Phi) is 13.7. The number of hydrogen-bond donors (Lipinski definition) is 1. The first-order valence-electron chi connectivity index (χ1n) is 22.9. The number of carbonyl (C=O) groups is 3. The number of benzene rings is 4. The number of imide groups is 1. The molecule has 4 aromatic carbocycles. The van der Waals surface area contributed by atoms with Crippen LogP contribution in [-0.2, 0) is 26.4 Å². The molecule has 0 spiro atoms. The summed E-state index contributed by atoms with van der Waals surface area (Å²) in [7, 11) is 2.02. The highest BCUT2D eigenvalue weighted by Crippen LogP contribution is 2.41. The molecule has 0 aliphatic carbocycles. The number of nitrogens with one attached hydrogen (secondary N) is 1. The molecule has 4 saturated heterocycles. The van der Waals surface area contributed by atoms with Crippen molar-refractivity contribution in [2.45, 2.75) is 63.9 Å². The van der Waals surface area contributed by atoms with E-state index >= 15 is 4.39 Å². The summed E-state index contributed by atoms with van der Waals surface area (Å²) in [5, 5.41) is 6.04. The van der Waals surface area contributed by atoms with Gasteiger partial charge in [-0.1, -0.05) is 18.2 Å². The van der Waals surface area contributed by atoms with E-state index in [1.165, 1.54) is 29.5 Å². The fourth-order valence-corrected chi connectivity index (χ4v) is 10.3. The van der Waals surface area contributed by atoms with Gasteiger partial charge in [0.05, 0.1) is 24.1 Å². The Morgan fingerprint density at radius 3 is 2.14 bits per heavy atom. The smallest absolute Gasteiger partial charge is 0.326 e. The molecule has 1 aromatic heterocycles. The summed E-state index contributed by atoms with van der Waals surface area (Å²) in [6.07, 6.45) is 3.75. The molecule has 5 heterocycles. The predicted molar refractivity (Wildman–Crippen MR) is 258 cm³/mol. The van der Waals surface area contributed by atoms with Gasteiger partial charge in [0.25, 0.3) is 11.1 Å². The van der Waals surface area contributed by atoms with Crippen LogP contribution in [0.25, 0.3) is 6.08 Å². The molecule has 362 valence electrons. The van der Waals surface area contributed by atoms with Gasteiger partial charge in [-0.15, -0.1) is 0 Å². The number of likely N-dealkylation sites (N-methyl/N-ethyl adjacent to an activating group) is 1. The van der Waals surface area contributed by atoms with Crippen LogP contribution >= 0.6 is 11.8 Å². The van der Waals surface area contributed by atoms with Crippen LogP contribution in [-0.4, -0.2) is 125 Å². The fourth-order valence-electron chi connectivity index (χ4n) is 9.60. The topological polar surface area (TPSA) is 147 Å². The number of halogens is 2. The lowest BCUT2D eigenvalue weighted by molar-refractivity contribution is -0.117. The van der Waals surface area contributed by atoms with E-state index in [4.69, 9.17) is 18.9 Å². The van der Waals surface area contributed by atoms with Crippen molar-refractivity contribution in [3.63, 3.8) is 0 Å². The van der Waals surface area contributed by atoms with E-state index in [1.54, 1.807) is 6.08 Å². The second-order valence-corrected chi connectivity index (χ2v) is 19.0. The van der Waals surface area contributed by atoms with Crippen molar-refractivity contribution in [2.24, 2.45) is 0 Å². The normalized spacial score (nSPS) is 23.6. The van der Waals surface area contributed by atoms with Crippen LogP contribution in [0.2, 0.25) is 0 Å². The molecule has 0 radical (unpaired) electrons. The third kappa shape index (κ3) is 9.86. The molecule has 4 fully saturated rings. The molecule has 2 unspecified atom stereocenters. The number of amides is 4. The molecule has 16 nitrogen and oxygen atoms in total. The first-order chi connectivity index (χ1) is 33.2. The number of hydrogen-bond acceptors (Lipinski definition) is 13. The number of nitrogens with zero attached hydrogens (tertiary/aromatic N) is 8. The Balaban J connectivity index is 0.762. The molecule has 4 aliphatic heterocycles. The van der Waals surface area contributed by atoms with Crippen LogP contribution in [0.3, 0.4) is 0 Å². The van der Waals surface area contributed by atoms with Crippen LogP contribution in [0.5, 0.6) is 11.5 Å². The Morgan fingerprint density at radius 1 is 0.899 bits per heavy atom. The highest BCUT2D eigenvalue weighted by Gasteiger charge is 2.56. The number of ether oxygens (including phenoxy) is 4. The van der Waals surface area contributed by atoms with Gasteiger partial charge in [-0.2, -0.15) is 5.10 Å². The van der Waals surface area contributed by atoms with Crippen LogP contribution in [0, 0.1) is 11.6 Å². The highest BCUT2D eigenvalue weighted by atomic mass is 32.2.